The Kier molecular flexibility index (Phi) is 5.37. The first-order valence-corrected chi connectivity index (χ1v) is 10.2. The highest BCUT2D eigenvalue weighted by atomic mass is 32.2. The molecule has 7 nitrogen and oxygen atoms in total. The molecular formula is C18H27N3O4S. The van der Waals surface area contributed by atoms with Crippen molar-refractivity contribution in [1.29, 1.82) is 0 Å². The summed E-state index contributed by atoms with van der Waals surface area (Å²) < 4.78 is 26.9. The fraction of sp³-hybridized carbons (Fsp3) is 0.556. The van der Waals surface area contributed by atoms with Crippen LogP contribution in [0.4, 0.5) is 0 Å². The van der Waals surface area contributed by atoms with Crippen LogP contribution in [0.5, 0.6) is 0 Å². The van der Waals surface area contributed by atoms with Crippen LogP contribution < -0.4 is 5.32 Å². The molecule has 0 saturated heterocycles. The zero-order chi connectivity index (χ0) is 19.9. The molecule has 1 N–H and O–H groups in total. The van der Waals surface area contributed by atoms with Crippen molar-refractivity contribution in [1.82, 2.24) is 10.2 Å². The Morgan fingerprint density at radius 1 is 1.08 bits per heavy atom. The van der Waals surface area contributed by atoms with E-state index in [2.05, 4.69) is 5.32 Å². The van der Waals surface area contributed by atoms with Crippen molar-refractivity contribution >= 4 is 9.84 Å². The molecule has 144 valence electrons. The fourth-order valence-electron chi connectivity index (χ4n) is 3.37. The van der Waals surface area contributed by atoms with E-state index in [0.29, 0.717) is 5.70 Å². The fourth-order valence-corrected chi connectivity index (χ4v) is 5.29. The summed E-state index contributed by atoms with van der Waals surface area (Å²) in [4.78, 5) is 13.3. The van der Waals surface area contributed by atoms with E-state index >= 15 is 0 Å². The van der Waals surface area contributed by atoms with Crippen LogP contribution in [0.25, 0.3) is 0 Å². The lowest BCUT2D eigenvalue weighted by Crippen LogP contribution is -2.64. The second kappa shape index (κ2) is 6.90. The lowest BCUT2D eigenvalue weighted by atomic mass is 10.0. The number of nitro groups is 1. The number of sulfone groups is 1. The highest BCUT2D eigenvalue weighted by Gasteiger charge is 2.61. The molecule has 0 amide bonds. The van der Waals surface area contributed by atoms with Crippen molar-refractivity contribution in [2.75, 3.05) is 0 Å². The summed E-state index contributed by atoms with van der Waals surface area (Å²) in [5.41, 5.74) is 0.382. The van der Waals surface area contributed by atoms with Gasteiger partial charge in [0.05, 0.1) is 21.4 Å². The Hall–Kier alpha value is -2.09. The lowest BCUT2D eigenvalue weighted by molar-refractivity contribution is -0.614. The van der Waals surface area contributed by atoms with Gasteiger partial charge in [-0.2, -0.15) is 0 Å². The molecule has 0 radical (unpaired) electrons. The molecule has 1 unspecified atom stereocenters. The molecule has 1 aliphatic heterocycles. The first-order chi connectivity index (χ1) is 12.0. The van der Waals surface area contributed by atoms with Crippen LogP contribution in [0.1, 0.15) is 41.5 Å². The van der Waals surface area contributed by atoms with Gasteiger partial charge in [0.15, 0.2) is 5.03 Å². The van der Waals surface area contributed by atoms with E-state index < -0.39 is 26.5 Å². The summed E-state index contributed by atoms with van der Waals surface area (Å²) in [5, 5.41) is 15.1. The summed E-state index contributed by atoms with van der Waals surface area (Å²) in [6.45, 7) is 10.6. The van der Waals surface area contributed by atoms with E-state index in [9.17, 15) is 18.5 Å². The van der Waals surface area contributed by atoms with E-state index in [-0.39, 0.29) is 21.9 Å². The van der Waals surface area contributed by atoms with Gasteiger partial charge in [0.1, 0.15) is 0 Å². The minimum atomic E-state index is -3.93. The van der Waals surface area contributed by atoms with E-state index in [1.165, 1.54) is 17.0 Å². The third kappa shape index (κ3) is 2.96. The van der Waals surface area contributed by atoms with E-state index in [1.807, 2.05) is 13.8 Å². The van der Waals surface area contributed by atoms with Gasteiger partial charge in [-0.25, -0.2) is 8.42 Å². The normalized spacial score (nSPS) is 21.0. The van der Waals surface area contributed by atoms with E-state index in [0.717, 1.165) is 0 Å². The highest BCUT2D eigenvalue weighted by Crippen LogP contribution is 2.42. The first-order valence-electron chi connectivity index (χ1n) is 8.74. The number of allylic oxidation sites excluding steroid dienone is 1. The largest absolute Gasteiger partial charge is 0.378 e. The maximum atomic E-state index is 13.4. The van der Waals surface area contributed by atoms with Crippen LogP contribution >= 0.6 is 0 Å². The highest BCUT2D eigenvalue weighted by molar-refractivity contribution is 7.95. The molecule has 0 fully saturated rings. The molecule has 1 atom stereocenters. The van der Waals surface area contributed by atoms with Crippen molar-refractivity contribution < 1.29 is 13.3 Å². The van der Waals surface area contributed by atoms with E-state index in [1.54, 1.807) is 45.9 Å². The second-order valence-corrected chi connectivity index (χ2v) is 9.28. The average molecular weight is 381 g/mol. The Balaban J connectivity index is 2.82. The predicted octanol–water partition coefficient (Wildman–Crippen LogP) is 3.19. The molecular weight excluding hydrogens is 354 g/mol. The molecule has 0 aliphatic carbocycles. The minimum Gasteiger partial charge on any atom is -0.303 e. The van der Waals surface area contributed by atoms with Gasteiger partial charge in [0, 0.05) is 6.04 Å². The molecule has 8 heteroatoms. The Morgan fingerprint density at radius 3 is 2.00 bits per heavy atom. The molecule has 2 rings (SSSR count). The molecule has 0 saturated carbocycles. The Morgan fingerprint density at radius 2 is 1.62 bits per heavy atom. The maximum Gasteiger partial charge on any atom is 0.378 e. The van der Waals surface area contributed by atoms with Gasteiger partial charge in [-0.1, -0.05) is 45.9 Å². The van der Waals surface area contributed by atoms with Gasteiger partial charge in [0.2, 0.25) is 9.84 Å². The van der Waals surface area contributed by atoms with Gasteiger partial charge in [-0.05, 0) is 31.9 Å². The van der Waals surface area contributed by atoms with Gasteiger partial charge >= 0.3 is 5.79 Å². The number of hydrogen-bond donors (Lipinski definition) is 1. The van der Waals surface area contributed by atoms with Crippen LogP contribution in [0.15, 0.2) is 46.0 Å². The predicted molar refractivity (Wildman–Crippen MR) is 100 cm³/mol. The minimum absolute atomic E-state index is 0.000833. The summed E-state index contributed by atoms with van der Waals surface area (Å²) in [6, 6.07) is 7.67. The summed E-state index contributed by atoms with van der Waals surface area (Å²) in [5.74, 6) is -2.38. The standard InChI is InChI=1S/C18H27N3O4S/c1-12(2)16-17(26(24,25)15-10-8-7-9-11-15)20(14(5)6)18(19-16,13(3)4)21(22)23/h7-14,19H,1-6H3. The second-order valence-electron chi connectivity index (χ2n) is 7.42. The molecule has 1 aromatic carbocycles. The summed E-state index contributed by atoms with van der Waals surface area (Å²) in [6.07, 6.45) is 0. The number of nitrogens with zero attached hydrogens (tertiary/aromatic N) is 2. The average Bonchev–Trinajstić information content (AvgIpc) is 2.94. The van der Waals surface area contributed by atoms with Crippen LogP contribution in [-0.4, -0.2) is 30.1 Å². The van der Waals surface area contributed by atoms with Crippen molar-refractivity contribution in [2.24, 2.45) is 11.8 Å². The number of benzene rings is 1. The first kappa shape index (κ1) is 20.2. The van der Waals surface area contributed by atoms with Crippen molar-refractivity contribution in [3.63, 3.8) is 0 Å². The van der Waals surface area contributed by atoms with Crippen molar-refractivity contribution in [3.05, 3.63) is 51.2 Å². The molecule has 0 bridgehead atoms. The van der Waals surface area contributed by atoms with Crippen molar-refractivity contribution in [3.8, 4) is 0 Å². The van der Waals surface area contributed by atoms with Gasteiger partial charge in [-0.15, -0.1) is 0 Å². The molecule has 1 heterocycles. The van der Waals surface area contributed by atoms with E-state index in [4.69, 9.17) is 0 Å². The monoisotopic (exact) mass is 381 g/mol. The Bertz CT molecular complexity index is 816. The number of rotatable bonds is 6. The third-order valence-electron chi connectivity index (χ3n) is 4.62. The SMILES string of the molecule is CC(C)C1=C(S(=O)(=O)c2ccccc2)N(C(C)C)C(C(C)C)([N+](=O)[O-])N1. The topological polar surface area (TPSA) is 92.5 Å². The van der Waals surface area contributed by atoms with Crippen LogP contribution in [-0.2, 0) is 9.84 Å². The number of nitrogens with one attached hydrogen (secondary N) is 1. The van der Waals surface area contributed by atoms with Gasteiger partial charge < -0.3 is 5.32 Å². The molecule has 0 spiro atoms. The summed E-state index contributed by atoms with van der Waals surface area (Å²) >= 11 is 0. The van der Waals surface area contributed by atoms with Crippen LogP contribution in [0.3, 0.4) is 0 Å². The molecule has 0 aromatic heterocycles. The van der Waals surface area contributed by atoms with Crippen LogP contribution in [0.2, 0.25) is 0 Å². The molecule has 26 heavy (non-hydrogen) atoms. The summed E-state index contributed by atoms with van der Waals surface area (Å²) in [7, 11) is -3.93. The molecule has 1 aromatic rings. The zero-order valence-corrected chi connectivity index (χ0v) is 16.9. The lowest BCUT2D eigenvalue weighted by Gasteiger charge is -2.38. The smallest absolute Gasteiger partial charge is 0.303 e. The molecule has 1 aliphatic rings. The van der Waals surface area contributed by atoms with Crippen LogP contribution in [0, 0.1) is 22.0 Å². The quantitative estimate of drug-likeness (QED) is 0.601. The Labute approximate surface area is 155 Å². The van der Waals surface area contributed by atoms with Crippen molar-refractivity contribution in [2.45, 2.75) is 58.3 Å². The van der Waals surface area contributed by atoms with Gasteiger partial charge in [-0.3, -0.25) is 15.0 Å². The zero-order valence-electron chi connectivity index (χ0n) is 16.1. The number of hydrogen-bond acceptors (Lipinski definition) is 6. The maximum absolute atomic E-state index is 13.4. The van der Waals surface area contributed by atoms with Gasteiger partial charge in [0.25, 0.3) is 0 Å². The third-order valence-corrected chi connectivity index (χ3v) is 6.44.